The average Bonchev–Trinajstić information content (AvgIpc) is 2.77. The van der Waals surface area contributed by atoms with Crippen molar-refractivity contribution in [3.8, 4) is 0 Å². The van der Waals surface area contributed by atoms with Crippen LogP contribution in [0.4, 0.5) is 0 Å². The SMILES string of the molecule is C=C/C(=C\C=C\C1C=CN=CC1)C[C@]1(C)NC(=O)c2cc(Cl)ccc2CC1=O. The first-order valence-corrected chi connectivity index (χ1v) is 9.61. The lowest BCUT2D eigenvalue weighted by atomic mass is 9.86. The van der Waals surface area contributed by atoms with Gasteiger partial charge in [-0.05, 0) is 36.6 Å². The molecule has 0 bridgehead atoms. The Bertz CT molecular complexity index is 927. The molecule has 2 atom stereocenters. The molecule has 0 radical (unpaired) electrons. The number of carbonyl (C=O) groups excluding carboxylic acids is 2. The number of amides is 1. The van der Waals surface area contributed by atoms with Gasteiger partial charge in [0.25, 0.3) is 5.91 Å². The van der Waals surface area contributed by atoms with Gasteiger partial charge in [0.15, 0.2) is 5.78 Å². The van der Waals surface area contributed by atoms with Gasteiger partial charge >= 0.3 is 0 Å². The van der Waals surface area contributed by atoms with Crippen molar-refractivity contribution in [2.24, 2.45) is 10.9 Å². The highest BCUT2D eigenvalue weighted by Crippen LogP contribution is 2.27. The third-order valence-electron chi connectivity index (χ3n) is 5.06. The third-order valence-corrected chi connectivity index (χ3v) is 5.30. The summed E-state index contributed by atoms with van der Waals surface area (Å²) in [6, 6.07) is 5.06. The van der Waals surface area contributed by atoms with E-state index >= 15 is 0 Å². The molecule has 2 aliphatic heterocycles. The summed E-state index contributed by atoms with van der Waals surface area (Å²) < 4.78 is 0. The van der Waals surface area contributed by atoms with Crippen LogP contribution in [0.3, 0.4) is 0 Å². The van der Waals surface area contributed by atoms with Gasteiger partial charge in [-0.1, -0.05) is 54.6 Å². The molecule has 0 aliphatic carbocycles. The Balaban J connectivity index is 1.78. The second-order valence-corrected chi connectivity index (χ2v) is 7.70. The predicted octanol–water partition coefficient (Wildman–Crippen LogP) is 4.62. The lowest BCUT2D eigenvalue weighted by Crippen LogP contribution is -2.51. The number of aliphatic imine (C=N–C) groups is 1. The molecule has 2 heterocycles. The fourth-order valence-corrected chi connectivity index (χ4v) is 3.54. The Labute approximate surface area is 170 Å². The second-order valence-electron chi connectivity index (χ2n) is 7.27. The molecule has 144 valence electrons. The smallest absolute Gasteiger partial charge is 0.252 e. The highest BCUT2D eigenvalue weighted by molar-refractivity contribution is 6.31. The summed E-state index contributed by atoms with van der Waals surface area (Å²) >= 11 is 6.02. The van der Waals surface area contributed by atoms with Gasteiger partial charge in [0.05, 0.1) is 0 Å². The first-order chi connectivity index (χ1) is 13.4. The van der Waals surface area contributed by atoms with E-state index < -0.39 is 5.54 Å². The van der Waals surface area contributed by atoms with E-state index in [9.17, 15) is 9.59 Å². The number of halogens is 1. The molecule has 1 aromatic rings. The molecule has 0 saturated carbocycles. The largest absolute Gasteiger partial charge is 0.339 e. The van der Waals surface area contributed by atoms with Crippen molar-refractivity contribution in [2.75, 3.05) is 0 Å². The quantitative estimate of drug-likeness (QED) is 0.741. The number of ketones is 1. The number of Topliss-reactive ketones (excluding diaryl/α,β-unsaturated/α-hetero) is 1. The summed E-state index contributed by atoms with van der Waals surface area (Å²) in [6.07, 6.45) is 14.9. The van der Waals surface area contributed by atoms with Crippen molar-refractivity contribution in [3.63, 3.8) is 0 Å². The van der Waals surface area contributed by atoms with E-state index in [-0.39, 0.29) is 18.1 Å². The molecule has 2 aliphatic rings. The molecular weight excluding hydrogens is 372 g/mol. The van der Waals surface area contributed by atoms with Gasteiger partial charge in [-0.2, -0.15) is 0 Å². The van der Waals surface area contributed by atoms with Gasteiger partial charge in [0, 0.05) is 41.8 Å². The van der Waals surface area contributed by atoms with Crippen LogP contribution in [0.15, 0.2) is 71.9 Å². The minimum absolute atomic E-state index is 0.0370. The number of hydrogen-bond donors (Lipinski definition) is 1. The van der Waals surface area contributed by atoms with Crippen molar-refractivity contribution in [3.05, 3.63) is 83.1 Å². The van der Waals surface area contributed by atoms with Gasteiger partial charge in [-0.3, -0.25) is 14.6 Å². The average molecular weight is 395 g/mol. The fourth-order valence-electron chi connectivity index (χ4n) is 3.37. The summed E-state index contributed by atoms with van der Waals surface area (Å²) in [7, 11) is 0. The molecule has 0 fully saturated rings. The van der Waals surface area contributed by atoms with E-state index in [0.29, 0.717) is 28.5 Å². The minimum Gasteiger partial charge on any atom is -0.339 e. The van der Waals surface area contributed by atoms with Crippen molar-refractivity contribution in [1.82, 2.24) is 5.32 Å². The van der Waals surface area contributed by atoms with Crippen LogP contribution < -0.4 is 5.32 Å². The molecule has 5 heteroatoms. The third kappa shape index (κ3) is 4.57. The monoisotopic (exact) mass is 394 g/mol. The van der Waals surface area contributed by atoms with Gasteiger partial charge in [-0.25, -0.2) is 0 Å². The molecule has 1 N–H and O–H groups in total. The van der Waals surface area contributed by atoms with Gasteiger partial charge in [0.1, 0.15) is 5.54 Å². The van der Waals surface area contributed by atoms with Gasteiger partial charge < -0.3 is 5.32 Å². The Hall–Kier alpha value is -2.72. The number of hydrogen-bond acceptors (Lipinski definition) is 3. The van der Waals surface area contributed by atoms with Crippen LogP contribution in [0.25, 0.3) is 0 Å². The van der Waals surface area contributed by atoms with Crippen LogP contribution in [0.1, 0.15) is 35.7 Å². The van der Waals surface area contributed by atoms with Crippen molar-refractivity contribution in [1.29, 1.82) is 0 Å². The van der Waals surface area contributed by atoms with Crippen LogP contribution in [0.2, 0.25) is 5.02 Å². The number of allylic oxidation sites excluding steroid dienone is 5. The lowest BCUT2D eigenvalue weighted by Gasteiger charge is -2.28. The number of rotatable bonds is 5. The first kappa shape index (κ1) is 20.0. The maximum atomic E-state index is 13.0. The number of nitrogens with one attached hydrogen (secondary N) is 1. The van der Waals surface area contributed by atoms with Crippen LogP contribution in [-0.4, -0.2) is 23.4 Å². The van der Waals surface area contributed by atoms with Crippen LogP contribution in [0.5, 0.6) is 0 Å². The molecule has 3 rings (SSSR count). The Morgan fingerprint density at radius 3 is 2.96 bits per heavy atom. The zero-order chi connectivity index (χ0) is 20.1. The zero-order valence-corrected chi connectivity index (χ0v) is 16.6. The number of nitrogens with zero attached hydrogens (tertiary/aromatic N) is 1. The normalized spacial score (nSPS) is 24.8. The van der Waals surface area contributed by atoms with E-state index in [2.05, 4.69) is 23.0 Å². The standard InChI is InChI=1S/C23H23ClN2O2/c1-3-16(5-4-6-17-9-11-25-12-10-17)15-23(2)21(27)13-18-7-8-19(24)14-20(18)22(28)26-23/h3-9,11-12,14,17H,1,10,13,15H2,2H3,(H,26,28)/b6-4+,16-5+/t17?,23-/m0/s1. The van der Waals surface area contributed by atoms with E-state index in [1.165, 1.54) is 0 Å². The molecule has 28 heavy (non-hydrogen) atoms. The number of carbonyl (C=O) groups is 2. The van der Waals surface area contributed by atoms with Crippen LogP contribution >= 0.6 is 11.6 Å². The zero-order valence-electron chi connectivity index (χ0n) is 15.8. The predicted molar refractivity (Wildman–Crippen MR) is 114 cm³/mol. The Morgan fingerprint density at radius 1 is 1.43 bits per heavy atom. The molecular formula is C23H23ClN2O2. The number of fused-ring (bicyclic) bond motifs is 1. The summed E-state index contributed by atoms with van der Waals surface area (Å²) in [5, 5.41) is 3.38. The van der Waals surface area contributed by atoms with Crippen molar-refractivity contribution in [2.45, 2.75) is 31.7 Å². The second kappa shape index (κ2) is 8.53. The summed E-state index contributed by atoms with van der Waals surface area (Å²) in [5.74, 6) is -0.00428. The van der Waals surface area contributed by atoms with Crippen molar-refractivity contribution >= 4 is 29.5 Å². The molecule has 0 spiro atoms. The summed E-state index contributed by atoms with van der Waals surface area (Å²) in [4.78, 5) is 29.7. The minimum atomic E-state index is -1.01. The van der Waals surface area contributed by atoms with Crippen LogP contribution in [-0.2, 0) is 11.2 Å². The number of benzene rings is 1. The van der Waals surface area contributed by atoms with Gasteiger partial charge in [0.2, 0.25) is 0 Å². The Morgan fingerprint density at radius 2 is 2.25 bits per heavy atom. The van der Waals surface area contributed by atoms with E-state index in [0.717, 1.165) is 12.0 Å². The highest BCUT2D eigenvalue weighted by Gasteiger charge is 2.38. The summed E-state index contributed by atoms with van der Waals surface area (Å²) in [5.41, 5.74) is 1.03. The molecule has 1 amide bonds. The molecule has 0 aromatic heterocycles. The summed E-state index contributed by atoms with van der Waals surface area (Å²) in [6.45, 7) is 5.63. The maximum Gasteiger partial charge on any atom is 0.252 e. The maximum absolute atomic E-state index is 13.0. The van der Waals surface area contributed by atoms with Crippen LogP contribution in [0, 0.1) is 5.92 Å². The van der Waals surface area contributed by atoms with E-state index in [1.54, 1.807) is 37.4 Å². The van der Waals surface area contributed by atoms with E-state index in [4.69, 9.17) is 11.6 Å². The first-order valence-electron chi connectivity index (χ1n) is 9.23. The fraction of sp³-hybridized carbons (Fsp3) is 0.261. The highest BCUT2D eigenvalue weighted by atomic mass is 35.5. The van der Waals surface area contributed by atoms with Crippen molar-refractivity contribution < 1.29 is 9.59 Å². The van der Waals surface area contributed by atoms with Gasteiger partial charge in [-0.15, -0.1) is 0 Å². The molecule has 1 unspecified atom stereocenters. The molecule has 0 saturated heterocycles. The lowest BCUT2D eigenvalue weighted by molar-refractivity contribution is -0.123. The molecule has 1 aromatic carbocycles. The Kier molecular flexibility index (Phi) is 6.10. The van der Waals surface area contributed by atoms with E-state index in [1.807, 2.05) is 24.4 Å². The topological polar surface area (TPSA) is 58.5 Å². The molecule has 4 nitrogen and oxygen atoms in total.